The molecule has 0 saturated carbocycles. The Morgan fingerprint density at radius 2 is 2.23 bits per heavy atom. The largest absolute Gasteiger partial charge is 0.344 e. The van der Waals surface area contributed by atoms with Crippen molar-refractivity contribution in [3.63, 3.8) is 0 Å². The third-order valence-corrected chi connectivity index (χ3v) is 5.79. The molecule has 0 bridgehead atoms. The summed E-state index contributed by atoms with van der Waals surface area (Å²) in [5.41, 5.74) is 0.577. The van der Waals surface area contributed by atoms with Crippen molar-refractivity contribution >= 4 is 38.8 Å². The standard InChI is InChI=1S/C15H15N3O2S2/c1-8-11-14(16-7-18(3)15(11)20)22-12(8)13(19)17-9(2)10-5-4-6-21-10/h4-7,9H,1-3H3,(H,17,19). The molecule has 3 aromatic heterocycles. The molecule has 114 valence electrons. The van der Waals surface area contributed by atoms with Crippen molar-refractivity contribution in [1.82, 2.24) is 14.9 Å². The third-order valence-electron chi connectivity index (χ3n) is 3.53. The Hall–Kier alpha value is -1.99. The van der Waals surface area contributed by atoms with Gasteiger partial charge in [0.1, 0.15) is 4.83 Å². The smallest absolute Gasteiger partial charge is 0.262 e. The van der Waals surface area contributed by atoms with Crippen LogP contribution in [0, 0.1) is 6.92 Å². The average Bonchev–Trinajstić information content (AvgIpc) is 3.11. The molecule has 0 fully saturated rings. The summed E-state index contributed by atoms with van der Waals surface area (Å²) >= 11 is 2.87. The number of thiophene rings is 2. The molecule has 1 N–H and O–H groups in total. The fourth-order valence-electron chi connectivity index (χ4n) is 2.30. The first-order valence-corrected chi connectivity index (χ1v) is 8.47. The molecule has 0 spiro atoms. The summed E-state index contributed by atoms with van der Waals surface area (Å²) in [6.45, 7) is 3.75. The first-order chi connectivity index (χ1) is 10.5. The Balaban J connectivity index is 1.96. The molecule has 7 heteroatoms. The van der Waals surface area contributed by atoms with E-state index in [1.807, 2.05) is 24.4 Å². The summed E-state index contributed by atoms with van der Waals surface area (Å²) in [6.07, 6.45) is 1.48. The molecular weight excluding hydrogens is 318 g/mol. The maximum absolute atomic E-state index is 12.5. The normalized spacial score (nSPS) is 12.5. The van der Waals surface area contributed by atoms with Crippen LogP contribution in [0.1, 0.15) is 33.1 Å². The van der Waals surface area contributed by atoms with E-state index in [0.717, 1.165) is 4.88 Å². The van der Waals surface area contributed by atoms with E-state index in [0.29, 0.717) is 20.7 Å². The van der Waals surface area contributed by atoms with Gasteiger partial charge in [0.15, 0.2) is 0 Å². The molecule has 1 atom stereocenters. The van der Waals surface area contributed by atoms with E-state index in [1.165, 1.54) is 22.2 Å². The zero-order valence-corrected chi connectivity index (χ0v) is 14.0. The number of carbonyl (C=O) groups is 1. The van der Waals surface area contributed by atoms with E-state index in [1.54, 1.807) is 25.3 Å². The van der Waals surface area contributed by atoms with Crippen molar-refractivity contribution < 1.29 is 4.79 Å². The number of nitrogens with zero attached hydrogens (tertiary/aromatic N) is 2. The van der Waals surface area contributed by atoms with Crippen LogP contribution in [0.3, 0.4) is 0 Å². The Labute approximate surface area is 135 Å². The van der Waals surface area contributed by atoms with E-state index in [4.69, 9.17) is 0 Å². The van der Waals surface area contributed by atoms with E-state index in [9.17, 15) is 9.59 Å². The predicted octanol–water partition coefficient (Wildman–Crippen LogP) is 2.86. The van der Waals surface area contributed by atoms with Crippen LogP contribution in [-0.2, 0) is 7.05 Å². The first-order valence-electron chi connectivity index (χ1n) is 6.78. The maximum Gasteiger partial charge on any atom is 0.262 e. The fourth-order valence-corrected chi connectivity index (χ4v) is 4.07. The number of aromatic nitrogens is 2. The van der Waals surface area contributed by atoms with Crippen molar-refractivity contribution in [2.75, 3.05) is 0 Å². The summed E-state index contributed by atoms with van der Waals surface area (Å²) in [4.78, 5) is 31.2. The van der Waals surface area contributed by atoms with Gasteiger partial charge in [0.2, 0.25) is 0 Å². The molecule has 0 aliphatic rings. The van der Waals surface area contributed by atoms with Gasteiger partial charge in [-0.3, -0.25) is 9.59 Å². The molecule has 0 aliphatic carbocycles. The number of rotatable bonds is 3. The number of fused-ring (bicyclic) bond motifs is 1. The summed E-state index contributed by atoms with van der Waals surface area (Å²) < 4.78 is 1.43. The second kappa shape index (κ2) is 5.66. The highest BCUT2D eigenvalue weighted by molar-refractivity contribution is 7.20. The van der Waals surface area contributed by atoms with Gasteiger partial charge in [-0.05, 0) is 30.9 Å². The second-order valence-electron chi connectivity index (χ2n) is 5.11. The van der Waals surface area contributed by atoms with Crippen LogP contribution in [0.2, 0.25) is 0 Å². The number of hydrogen-bond acceptors (Lipinski definition) is 5. The molecule has 3 heterocycles. The highest BCUT2D eigenvalue weighted by atomic mass is 32.1. The number of nitrogens with one attached hydrogen (secondary N) is 1. The van der Waals surface area contributed by atoms with Gasteiger partial charge in [-0.2, -0.15) is 0 Å². The summed E-state index contributed by atoms with van der Waals surface area (Å²) in [5.74, 6) is -0.163. The van der Waals surface area contributed by atoms with Gasteiger partial charge >= 0.3 is 0 Å². The van der Waals surface area contributed by atoms with Crippen LogP contribution in [-0.4, -0.2) is 15.5 Å². The Bertz CT molecular complexity index is 894. The summed E-state index contributed by atoms with van der Waals surface area (Å²) in [7, 11) is 1.66. The molecule has 3 aromatic rings. The lowest BCUT2D eigenvalue weighted by atomic mass is 10.2. The number of carbonyl (C=O) groups excluding carboxylic acids is 1. The van der Waals surface area contributed by atoms with E-state index in [2.05, 4.69) is 10.3 Å². The minimum atomic E-state index is -0.163. The van der Waals surface area contributed by atoms with E-state index in [-0.39, 0.29) is 17.5 Å². The van der Waals surface area contributed by atoms with Gasteiger partial charge in [0.25, 0.3) is 11.5 Å². The lowest BCUT2D eigenvalue weighted by Crippen LogP contribution is -2.26. The minimum Gasteiger partial charge on any atom is -0.344 e. The molecule has 5 nitrogen and oxygen atoms in total. The lowest BCUT2D eigenvalue weighted by molar-refractivity contribution is 0.0944. The van der Waals surface area contributed by atoms with Crippen molar-refractivity contribution in [2.45, 2.75) is 19.9 Å². The second-order valence-corrected chi connectivity index (χ2v) is 7.09. The highest BCUT2D eigenvalue weighted by Gasteiger charge is 2.20. The Morgan fingerprint density at radius 1 is 1.45 bits per heavy atom. The monoisotopic (exact) mass is 333 g/mol. The molecular formula is C15H15N3O2S2. The molecule has 3 rings (SSSR count). The molecule has 0 saturated heterocycles. The van der Waals surface area contributed by atoms with E-state index < -0.39 is 0 Å². The molecule has 0 aliphatic heterocycles. The number of amides is 1. The molecule has 0 radical (unpaired) electrons. The quantitative estimate of drug-likeness (QED) is 0.801. The number of aryl methyl sites for hydroxylation is 2. The molecule has 1 unspecified atom stereocenters. The van der Waals surface area contributed by atoms with Crippen molar-refractivity contribution in [3.05, 3.63) is 49.5 Å². The van der Waals surface area contributed by atoms with Crippen LogP contribution >= 0.6 is 22.7 Å². The van der Waals surface area contributed by atoms with Crippen molar-refractivity contribution in [2.24, 2.45) is 7.05 Å². The van der Waals surface area contributed by atoms with Crippen molar-refractivity contribution in [1.29, 1.82) is 0 Å². The predicted molar refractivity (Wildman–Crippen MR) is 89.8 cm³/mol. The summed E-state index contributed by atoms with van der Waals surface area (Å²) in [5, 5.41) is 5.49. The van der Waals surface area contributed by atoms with Crippen LogP contribution in [0.5, 0.6) is 0 Å². The zero-order chi connectivity index (χ0) is 15.9. The first kappa shape index (κ1) is 14.9. The Kier molecular flexibility index (Phi) is 3.84. The van der Waals surface area contributed by atoms with Gasteiger partial charge in [0.05, 0.1) is 22.6 Å². The average molecular weight is 333 g/mol. The van der Waals surface area contributed by atoms with Gasteiger partial charge in [0, 0.05) is 11.9 Å². The lowest BCUT2D eigenvalue weighted by Gasteiger charge is -2.11. The van der Waals surface area contributed by atoms with Gasteiger partial charge < -0.3 is 9.88 Å². The van der Waals surface area contributed by atoms with Crippen LogP contribution in [0.15, 0.2) is 28.6 Å². The highest BCUT2D eigenvalue weighted by Crippen LogP contribution is 2.27. The summed E-state index contributed by atoms with van der Waals surface area (Å²) in [6, 6.07) is 3.89. The maximum atomic E-state index is 12.5. The topological polar surface area (TPSA) is 64.0 Å². The molecule has 0 aromatic carbocycles. The molecule has 1 amide bonds. The molecule has 22 heavy (non-hydrogen) atoms. The minimum absolute atomic E-state index is 0.0621. The van der Waals surface area contributed by atoms with Crippen LogP contribution < -0.4 is 10.9 Å². The van der Waals surface area contributed by atoms with Crippen molar-refractivity contribution in [3.8, 4) is 0 Å². The third kappa shape index (κ3) is 2.46. The number of hydrogen-bond donors (Lipinski definition) is 1. The van der Waals surface area contributed by atoms with E-state index >= 15 is 0 Å². The zero-order valence-electron chi connectivity index (χ0n) is 12.4. The van der Waals surface area contributed by atoms with Gasteiger partial charge in [-0.15, -0.1) is 22.7 Å². The SMILES string of the molecule is Cc1c(C(=O)NC(C)c2cccs2)sc2ncn(C)c(=O)c12. The fraction of sp³-hybridized carbons (Fsp3) is 0.267. The van der Waals surface area contributed by atoms with Crippen LogP contribution in [0.4, 0.5) is 0 Å². The van der Waals surface area contributed by atoms with Gasteiger partial charge in [-0.25, -0.2) is 4.98 Å². The van der Waals surface area contributed by atoms with Gasteiger partial charge in [-0.1, -0.05) is 6.07 Å². The van der Waals surface area contributed by atoms with Crippen LogP contribution in [0.25, 0.3) is 10.2 Å². The Morgan fingerprint density at radius 3 is 2.91 bits per heavy atom.